The molecular formula is C15H19ClN2O4. The molecule has 1 fully saturated rings. The topological polar surface area (TPSA) is 72.7 Å². The average molecular weight is 327 g/mol. The van der Waals surface area contributed by atoms with Gasteiger partial charge in [0, 0.05) is 30.6 Å². The lowest BCUT2D eigenvalue weighted by molar-refractivity contribution is -0.384. The number of benzene rings is 1. The van der Waals surface area contributed by atoms with E-state index < -0.39 is 4.92 Å². The first kappa shape index (κ1) is 16.5. The van der Waals surface area contributed by atoms with Crippen molar-refractivity contribution in [1.29, 1.82) is 0 Å². The highest BCUT2D eigenvalue weighted by molar-refractivity contribution is 6.30. The number of esters is 1. The number of nitro benzene ring substituents is 1. The Hall–Kier alpha value is -1.82. The lowest BCUT2D eigenvalue weighted by Gasteiger charge is -2.32. The van der Waals surface area contributed by atoms with Crippen LogP contribution in [0.4, 0.5) is 11.4 Å². The van der Waals surface area contributed by atoms with E-state index in [2.05, 4.69) is 0 Å². The second-order valence-corrected chi connectivity index (χ2v) is 5.77. The summed E-state index contributed by atoms with van der Waals surface area (Å²) in [7, 11) is 0. The number of carbonyl (C=O) groups is 1. The van der Waals surface area contributed by atoms with Crippen LogP contribution in [0.3, 0.4) is 0 Å². The zero-order chi connectivity index (χ0) is 16.1. The van der Waals surface area contributed by atoms with Crippen molar-refractivity contribution in [2.24, 2.45) is 5.92 Å². The molecule has 1 heterocycles. The van der Waals surface area contributed by atoms with Crippen molar-refractivity contribution in [3.8, 4) is 0 Å². The Kier molecular flexibility index (Phi) is 5.60. The van der Waals surface area contributed by atoms with E-state index in [-0.39, 0.29) is 17.6 Å². The van der Waals surface area contributed by atoms with Gasteiger partial charge in [0.2, 0.25) is 0 Å². The van der Waals surface area contributed by atoms with Crippen molar-refractivity contribution in [3.63, 3.8) is 0 Å². The van der Waals surface area contributed by atoms with E-state index >= 15 is 0 Å². The maximum Gasteiger partial charge on any atom is 0.306 e. The molecule has 0 N–H and O–H groups in total. The summed E-state index contributed by atoms with van der Waals surface area (Å²) < 4.78 is 4.96. The molecule has 0 aliphatic carbocycles. The van der Waals surface area contributed by atoms with Crippen LogP contribution in [0.15, 0.2) is 18.2 Å². The van der Waals surface area contributed by atoms with Crippen LogP contribution in [0, 0.1) is 16.0 Å². The molecule has 0 atom stereocenters. The van der Waals surface area contributed by atoms with Crippen molar-refractivity contribution in [1.82, 2.24) is 0 Å². The molecule has 1 aliphatic heterocycles. The molecule has 120 valence electrons. The maximum absolute atomic E-state index is 11.5. The number of nitrogens with zero attached hydrogens (tertiary/aromatic N) is 2. The average Bonchev–Trinajstić information content (AvgIpc) is 2.48. The molecule has 1 aromatic carbocycles. The SMILES string of the molecule is CCOC(=O)CC1CCN(c2ccc(Cl)cc2[N+](=O)[O-])CC1. The van der Waals surface area contributed by atoms with Gasteiger partial charge >= 0.3 is 5.97 Å². The molecule has 0 spiro atoms. The molecule has 1 saturated heterocycles. The number of hydrogen-bond donors (Lipinski definition) is 0. The van der Waals surface area contributed by atoms with Gasteiger partial charge in [-0.2, -0.15) is 0 Å². The van der Waals surface area contributed by atoms with Gasteiger partial charge in [0.1, 0.15) is 5.69 Å². The minimum atomic E-state index is -0.411. The quantitative estimate of drug-likeness (QED) is 0.471. The van der Waals surface area contributed by atoms with E-state index in [1.807, 2.05) is 4.90 Å². The molecule has 0 radical (unpaired) electrons. The van der Waals surface area contributed by atoms with Gasteiger partial charge in [0.05, 0.1) is 11.5 Å². The van der Waals surface area contributed by atoms with Gasteiger partial charge in [-0.05, 0) is 37.8 Å². The predicted octanol–water partition coefficient (Wildman–Crippen LogP) is 3.42. The molecule has 0 amide bonds. The zero-order valence-corrected chi connectivity index (χ0v) is 13.2. The number of ether oxygens (including phenoxy) is 1. The summed E-state index contributed by atoms with van der Waals surface area (Å²) in [5.41, 5.74) is 0.611. The molecule has 0 bridgehead atoms. The van der Waals surface area contributed by atoms with E-state index in [0.717, 1.165) is 12.8 Å². The zero-order valence-electron chi connectivity index (χ0n) is 12.5. The van der Waals surface area contributed by atoms with Crippen LogP contribution < -0.4 is 4.90 Å². The standard InChI is InChI=1S/C15H19ClN2O4/c1-2-22-15(19)9-11-5-7-17(8-6-11)13-4-3-12(16)10-14(13)18(20)21/h3-4,10-11H,2,5-9H2,1H3. The Balaban J connectivity index is 2.00. The van der Waals surface area contributed by atoms with Gasteiger partial charge in [-0.3, -0.25) is 14.9 Å². The molecule has 0 unspecified atom stereocenters. The number of hydrogen-bond acceptors (Lipinski definition) is 5. The third kappa shape index (κ3) is 4.10. The van der Waals surface area contributed by atoms with Crippen LogP contribution in [0.25, 0.3) is 0 Å². The van der Waals surface area contributed by atoms with Crippen molar-refractivity contribution in [2.75, 3.05) is 24.6 Å². The largest absolute Gasteiger partial charge is 0.466 e. The van der Waals surface area contributed by atoms with Crippen LogP contribution in [0.5, 0.6) is 0 Å². The fourth-order valence-corrected chi connectivity index (χ4v) is 2.91. The molecule has 6 nitrogen and oxygen atoms in total. The summed E-state index contributed by atoms with van der Waals surface area (Å²) in [6.45, 7) is 3.56. The van der Waals surface area contributed by atoms with Gasteiger partial charge in [0.25, 0.3) is 5.69 Å². The molecule has 0 aromatic heterocycles. The molecule has 0 saturated carbocycles. The first-order chi connectivity index (χ1) is 10.5. The third-order valence-corrected chi connectivity index (χ3v) is 4.09. The van der Waals surface area contributed by atoms with Crippen molar-refractivity contribution >= 4 is 28.9 Å². The first-order valence-electron chi connectivity index (χ1n) is 7.35. The monoisotopic (exact) mass is 326 g/mol. The van der Waals surface area contributed by atoms with Crippen LogP contribution in [0.1, 0.15) is 26.2 Å². The molecular weight excluding hydrogens is 308 g/mol. The van der Waals surface area contributed by atoms with E-state index in [4.69, 9.17) is 16.3 Å². The summed E-state index contributed by atoms with van der Waals surface area (Å²) in [4.78, 5) is 24.2. The maximum atomic E-state index is 11.5. The lowest BCUT2D eigenvalue weighted by Crippen LogP contribution is -2.34. The number of nitro groups is 1. The van der Waals surface area contributed by atoms with E-state index in [0.29, 0.717) is 36.8 Å². The summed E-state index contributed by atoms with van der Waals surface area (Å²) >= 11 is 5.84. The van der Waals surface area contributed by atoms with E-state index in [1.54, 1.807) is 19.1 Å². The lowest BCUT2D eigenvalue weighted by atomic mass is 9.93. The first-order valence-corrected chi connectivity index (χ1v) is 7.73. The van der Waals surface area contributed by atoms with Crippen LogP contribution in [0.2, 0.25) is 5.02 Å². The molecule has 2 rings (SSSR count). The fraction of sp³-hybridized carbons (Fsp3) is 0.533. The minimum absolute atomic E-state index is 0.0244. The normalized spacial score (nSPS) is 15.6. The van der Waals surface area contributed by atoms with Crippen LogP contribution in [-0.2, 0) is 9.53 Å². The van der Waals surface area contributed by atoms with E-state index in [9.17, 15) is 14.9 Å². The Labute approximate surface area is 134 Å². The smallest absolute Gasteiger partial charge is 0.306 e. The summed E-state index contributed by atoms with van der Waals surface area (Å²) in [6.07, 6.45) is 2.06. The number of rotatable bonds is 5. The molecule has 22 heavy (non-hydrogen) atoms. The van der Waals surface area contributed by atoms with Crippen molar-refractivity contribution in [3.05, 3.63) is 33.3 Å². The predicted molar refractivity (Wildman–Crippen MR) is 84.3 cm³/mol. The van der Waals surface area contributed by atoms with Gasteiger partial charge in [0.15, 0.2) is 0 Å². The fourth-order valence-electron chi connectivity index (χ4n) is 2.74. The molecule has 1 aliphatic rings. The Morgan fingerprint density at radius 2 is 2.14 bits per heavy atom. The second-order valence-electron chi connectivity index (χ2n) is 5.33. The number of anilines is 1. The van der Waals surface area contributed by atoms with Crippen LogP contribution >= 0.6 is 11.6 Å². The van der Waals surface area contributed by atoms with Crippen molar-refractivity contribution in [2.45, 2.75) is 26.2 Å². The number of halogens is 1. The van der Waals surface area contributed by atoms with Crippen LogP contribution in [-0.4, -0.2) is 30.6 Å². The highest BCUT2D eigenvalue weighted by Crippen LogP contribution is 2.34. The van der Waals surface area contributed by atoms with Gasteiger partial charge < -0.3 is 9.64 Å². The van der Waals surface area contributed by atoms with Crippen molar-refractivity contribution < 1.29 is 14.5 Å². The summed E-state index contributed by atoms with van der Waals surface area (Å²) in [5.74, 6) is 0.111. The minimum Gasteiger partial charge on any atom is -0.466 e. The van der Waals surface area contributed by atoms with E-state index in [1.165, 1.54) is 6.07 Å². The Morgan fingerprint density at radius 1 is 1.45 bits per heavy atom. The van der Waals surface area contributed by atoms with Gasteiger partial charge in [-0.15, -0.1) is 0 Å². The molecule has 7 heteroatoms. The molecule has 1 aromatic rings. The Morgan fingerprint density at radius 3 is 2.73 bits per heavy atom. The highest BCUT2D eigenvalue weighted by Gasteiger charge is 2.26. The highest BCUT2D eigenvalue weighted by atomic mass is 35.5. The van der Waals surface area contributed by atoms with Gasteiger partial charge in [-0.1, -0.05) is 11.6 Å². The number of carbonyl (C=O) groups excluding carboxylic acids is 1. The Bertz CT molecular complexity index is 556. The summed E-state index contributed by atoms with van der Waals surface area (Å²) in [5, 5.41) is 11.5. The summed E-state index contributed by atoms with van der Waals surface area (Å²) in [6, 6.07) is 4.72. The second kappa shape index (κ2) is 7.45. The number of piperidine rings is 1. The third-order valence-electron chi connectivity index (χ3n) is 3.85. The van der Waals surface area contributed by atoms with Gasteiger partial charge in [-0.25, -0.2) is 0 Å².